The Balaban J connectivity index is 2.33. The van der Waals surface area contributed by atoms with E-state index in [4.69, 9.17) is 22.5 Å². The lowest BCUT2D eigenvalue weighted by Gasteiger charge is -2.39. The van der Waals surface area contributed by atoms with E-state index in [0.717, 1.165) is 5.92 Å². The second kappa shape index (κ2) is 3.00. The van der Waals surface area contributed by atoms with Crippen molar-refractivity contribution in [3.05, 3.63) is 0 Å². The van der Waals surface area contributed by atoms with Crippen LogP contribution in [0, 0.1) is 16.7 Å². The number of rotatable bonds is 1. The third kappa shape index (κ3) is 1.22. The summed E-state index contributed by atoms with van der Waals surface area (Å²) in [6.07, 6.45) is 3.98. The van der Waals surface area contributed by atoms with E-state index in [2.05, 4.69) is 20.8 Å². The van der Waals surface area contributed by atoms with Gasteiger partial charge in [-0.3, -0.25) is 0 Å². The molecule has 0 heterocycles. The van der Waals surface area contributed by atoms with Crippen LogP contribution in [0.3, 0.4) is 0 Å². The van der Waals surface area contributed by atoms with Gasteiger partial charge in [-0.15, -0.1) is 0 Å². The monoisotopic (exact) mass is 238 g/mol. The molecule has 0 aliphatic heterocycles. The molecule has 2 rings (SSSR count). The quantitative estimate of drug-likeness (QED) is 0.565. The van der Waals surface area contributed by atoms with Crippen LogP contribution in [0.25, 0.3) is 0 Å². The molecular weight excluding hydrogens is 222 g/mol. The van der Waals surface area contributed by atoms with Gasteiger partial charge in [-0.2, -0.15) is 0 Å². The number of halogens is 2. The average molecular weight is 239 g/mol. The molecule has 0 radical (unpaired) electrons. The van der Waals surface area contributed by atoms with Crippen LogP contribution in [-0.2, 0) is 0 Å². The van der Waals surface area contributed by atoms with Gasteiger partial charge in [0.15, 0.2) is 0 Å². The lowest BCUT2D eigenvalue weighted by atomic mass is 9.71. The maximum absolute atomic E-state index is 6.13. The van der Waals surface area contributed by atoms with Crippen LogP contribution in [-0.4, -0.2) is 5.66 Å². The lowest BCUT2D eigenvalue weighted by molar-refractivity contribution is 0.156. The predicted molar refractivity (Wildman–Crippen MR) is 61.6 cm³/mol. The van der Waals surface area contributed by atoms with Gasteiger partial charge in [0.25, 0.3) is 0 Å². The molecule has 0 unspecified atom stereocenters. The van der Waals surface area contributed by atoms with Gasteiger partial charge in [0.05, 0.1) is 6.63 Å². The van der Waals surface area contributed by atoms with Crippen LogP contribution in [0.4, 0.5) is 0 Å². The zero-order valence-electron chi connectivity index (χ0n) is 8.48. The summed E-state index contributed by atoms with van der Waals surface area (Å²) in [6.45, 7) is 6.41. The number of hydrogen-bond acceptors (Lipinski definition) is 0. The standard InChI is InChI=1S/C10H17Cl2P/c1-9(2)7-4-5-10(9,3)8(6-7)13(11)12/h7-8H,4-6H2,1-3H3/t7-,8+,10+/m0/s1. The fourth-order valence-electron chi connectivity index (χ4n) is 3.46. The van der Waals surface area contributed by atoms with Gasteiger partial charge in [-0.1, -0.05) is 43.3 Å². The first-order valence-corrected chi connectivity index (χ1v) is 8.22. The minimum Gasteiger partial charge on any atom is -0.0778 e. The van der Waals surface area contributed by atoms with E-state index in [9.17, 15) is 0 Å². The summed E-state index contributed by atoms with van der Waals surface area (Å²) in [7, 11) is 0. The first-order valence-electron chi connectivity index (χ1n) is 5.00. The zero-order chi connectivity index (χ0) is 9.85. The van der Waals surface area contributed by atoms with Crippen molar-refractivity contribution in [3.8, 4) is 0 Å². The number of fused-ring (bicyclic) bond motifs is 2. The molecule has 0 nitrogen and oxygen atoms in total. The summed E-state index contributed by atoms with van der Waals surface area (Å²) in [5, 5.41) is 0. The molecule has 0 spiro atoms. The third-order valence-electron chi connectivity index (χ3n) is 4.98. The molecule has 2 aliphatic carbocycles. The first kappa shape index (κ1) is 10.5. The maximum Gasteiger partial charge on any atom is 0.0891 e. The Morgan fingerprint density at radius 3 is 2.08 bits per heavy atom. The fourth-order valence-corrected chi connectivity index (χ4v) is 6.53. The van der Waals surface area contributed by atoms with E-state index >= 15 is 0 Å². The molecule has 0 saturated heterocycles. The fraction of sp³-hybridized carbons (Fsp3) is 1.00. The van der Waals surface area contributed by atoms with Crippen molar-refractivity contribution in [2.24, 2.45) is 16.7 Å². The second-order valence-electron chi connectivity index (χ2n) is 5.39. The summed E-state index contributed by atoms with van der Waals surface area (Å²) in [5.74, 6) is 0.866. The van der Waals surface area contributed by atoms with Crippen molar-refractivity contribution in [2.75, 3.05) is 0 Å². The van der Waals surface area contributed by atoms with Gasteiger partial charge >= 0.3 is 0 Å². The molecule has 76 valence electrons. The first-order chi connectivity index (χ1) is 5.89. The van der Waals surface area contributed by atoms with Crippen LogP contribution in [0.5, 0.6) is 0 Å². The van der Waals surface area contributed by atoms with Crippen molar-refractivity contribution in [1.29, 1.82) is 0 Å². The van der Waals surface area contributed by atoms with Crippen molar-refractivity contribution >= 4 is 29.1 Å². The van der Waals surface area contributed by atoms with E-state index in [1.165, 1.54) is 19.3 Å². The summed E-state index contributed by atoms with van der Waals surface area (Å²) in [6, 6.07) is 0. The van der Waals surface area contributed by atoms with Crippen LogP contribution < -0.4 is 0 Å². The molecule has 0 amide bonds. The van der Waals surface area contributed by atoms with Crippen molar-refractivity contribution < 1.29 is 0 Å². The highest BCUT2D eigenvalue weighted by atomic mass is 35.9. The molecule has 0 aromatic rings. The maximum atomic E-state index is 6.13. The van der Waals surface area contributed by atoms with Gasteiger partial charge in [-0.25, -0.2) is 0 Å². The Morgan fingerprint density at radius 2 is 1.85 bits per heavy atom. The number of hydrogen-bond donors (Lipinski definition) is 0. The van der Waals surface area contributed by atoms with Gasteiger partial charge in [0, 0.05) is 5.66 Å². The van der Waals surface area contributed by atoms with Crippen molar-refractivity contribution in [2.45, 2.75) is 45.7 Å². The smallest absolute Gasteiger partial charge is 0.0778 e. The molecular formula is C10H17Cl2P. The van der Waals surface area contributed by atoms with Gasteiger partial charge < -0.3 is 0 Å². The Bertz CT molecular complexity index is 227. The highest BCUT2D eigenvalue weighted by molar-refractivity contribution is 8.04. The largest absolute Gasteiger partial charge is 0.0891 e. The Labute approximate surface area is 91.7 Å². The molecule has 2 fully saturated rings. The molecule has 2 saturated carbocycles. The second-order valence-corrected chi connectivity index (χ2v) is 9.23. The predicted octanol–water partition coefficient (Wildman–Crippen LogP) is 4.99. The van der Waals surface area contributed by atoms with E-state index in [-0.39, 0.29) is 0 Å². The summed E-state index contributed by atoms with van der Waals surface area (Å²) >= 11 is 12.3. The van der Waals surface area contributed by atoms with Crippen LogP contribution in [0.1, 0.15) is 40.0 Å². The summed E-state index contributed by atoms with van der Waals surface area (Å²) < 4.78 is 0. The van der Waals surface area contributed by atoms with Gasteiger partial charge in [0.2, 0.25) is 0 Å². The summed E-state index contributed by atoms with van der Waals surface area (Å²) in [5.41, 5.74) is 1.45. The van der Waals surface area contributed by atoms with Gasteiger partial charge in [0.1, 0.15) is 0 Å². The minimum absolute atomic E-state index is 0.410. The van der Waals surface area contributed by atoms with E-state index in [1.54, 1.807) is 0 Å². The van der Waals surface area contributed by atoms with Crippen molar-refractivity contribution in [3.63, 3.8) is 0 Å². The minimum atomic E-state index is -0.779. The van der Waals surface area contributed by atoms with E-state index in [0.29, 0.717) is 16.5 Å². The molecule has 0 aromatic carbocycles. The molecule has 3 atom stereocenters. The normalized spacial score (nSPS) is 47.5. The molecule has 3 heteroatoms. The van der Waals surface area contributed by atoms with Gasteiger partial charge in [-0.05, 0) is 36.0 Å². The van der Waals surface area contributed by atoms with Crippen LogP contribution in [0.15, 0.2) is 0 Å². The Kier molecular flexibility index (Phi) is 2.43. The van der Waals surface area contributed by atoms with E-state index in [1.807, 2.05) is 0 Å². The van der Waals surface area contributed by atoms with Crippen molar-refractivity contribution in [1.82, 2.24) is 0 Å². The topological polar surface area (TPSA) is 0 Å². The highest BCUT2D eigenvalue weighted by Gasteiger charge is 2.62. The Morgan fingerprint density at radius 1 is 1.23 bits per heavy atom. The highest BCUT2D eigenvalue weighted by Crippen LogP contribution is 2.75. The zero-order valence-corrected chi connectivity index (χ0v) is 10.9. The molecule has 0 N–H and O–H groups in total. The third-order valence-corrected chi connectivity index (χ3v) is 7.65. The molecule has 2 bridgehead atoms. The SMILES string of the molecule is CC1(C)[C@H]2CC[C@]1(C)[C@H](P(Cl)Cl)C2. The Hall–Kier alpha value is 1.01. The summed E-state index contributed by atoms with van der Waals surface area (Å²) in [4.78, 5) is 0. The molecule has 13 heavy (non-hydrogen) atoms. The molecule has 2 aliphatic rings. The lowest BCUT2D eigenvalue weighted by Crippen LogP contribution is -2.33. The van der Waals surface area contributed by atoms with Crippen LogP contribution >= 0.6 is 29.1 Å². The molecule has 0 aromatic heterocycles. The van der Waals surface area contributed by atoms with Crippen LogP contribution in [0.2, 0.25) is 0 Å². The van der Waals surface area contributed by atoms with E-state index < -0.39 is 6.63 Å². The average Bonchev–Trinajstić information content (AvgIpc) is 2.34.